The lowest BCUT2D eigenvalue weighted by atomic mass is 9.91. The SMILES string of the molecule is C[C@@H]1NCCC[C@@H]1C(=O)N1CCCC1. The van der Waals surface area contributed by atoms with Gasteiger partial charge in [0.15, 0.2) is 0 Å². The fraction of sp³-hybridized carbons (Fsp3) is 0.909. The molecule has 80 valence electrons. The van der Waals surface area contributed by atoms with Crippen molar-refractivity contribution in [3.8, 4) is 0 Å². The maximum atomic E-state index is 12.1. The first kappa shape index (κ1) is 9.97. The highest BCUT2D eigenvalue weighted by Crippen LogP contribution is 2.21. The second-order valence-corrected chi connectivity index (χ2v) is 4.52. The molecule has 0 aromatic heterocycles. The van der Waals surface area contributed by atoms with Gasteiger partial charge in [-0.15, -0.1) is 0 Å². The molecule has 0 unspecified atom stereocenters. The van der Waals surface area contributed by atoms with Crippen molar-refractivity contribution in [2.45, 2.75) is 38.6 Å². The molecule has 0 radical (unpaired) electrons. The third-order valence-electron chi connectivity index (χ3n) is 3.50. The van der Waals surface area contributed by atoms with Crippen LogP contribution in [0, 0.1) is 5.92 Å². The average Bonchev–Trinajstić information content (AvgIpc) is 2.70. The number of carbonyl (C=O) groups excluding carboxylic acids is 1. The fourth-order valence-electron chi connectivity index (χ4n) is 2.55. The van der Waals surface area contributed by atoms with Crippen LogP contribution in [0.15, 0.2) is 0 Å². The Labute approximate surface area is 85.8 Å². The Morgan fingerprint density at radius 1 is 1.29 bits per heavy atom. The molecule has 2 aliphatic heterocycles. The third kappa shape index (κ3) is 1.92. The highest BCUT2D eigenvalue weighted by atomic mass is 16.2. The molecule has 3 heteroatoms. The molecule has 0 spiro atoms. The first-order valence-corrected chi connectivity index (χ1v) is 5.81. The summed E-state index contributed by atoms with van der Waals surface area (Å²) in [6.45, 7) is 5.19. The number of rotatable bonds is 1. The molecule has 0 aromatic carbocycles. The first-order chi connectivity index (χ1) is 6.79. The maximum absolute atomic E-state index is 12.1. The molecular formula is C11H20N2O. The Bertz CT molecular complexity index is 211. The summed E-state index contributed by atoms with van der Waals surface area (Å²) in [7, 11) is 0. The number of hydrogen-bond donors (Lipinski definition) is 1. The summed E-state index contributed by atoms with van der Waals surface area (Å²) in [6, 6.07) is 0.372. The monoisotopic (exact) mass is 196 g/mol. The van der Waals surface area contributed by atoms with Gasteiger partial charge < -0.3 is 10.2 Å². The van der Waals surface area contributed by atoms with Crippen molar-refractivity contribution < 1.29 is 4.79 Å². The zero-order chi connectivity index (χ0) is 9.97. The van der Waals surface area contributed by atoms with Crippen molar-refractivity contribution in [2.24, 2.45) is 5.92 Å². The minimum Gasteiger partial charge on any atom is -0.342 e. The van der Waals surface area contributed by atoms with Gasteiger partial charge in [-0.25, -0.2) is 0 Å². The van der Waals surface area contributed by atoms with Gasteiger partial charge in [-0.3, -0.25) is 4.79 Å². The highest BCUT2D eigenvalue weighted by molar-refractivity contribution is 5.79. The number of hydrogen-bond acceptors (Lipinski definition) is 2. The van der Waals surface area contributed by atoms with Crippen LogP contribution in [0.1, 0.15) is 32.6 Å². The number of amides is 1. The zero-order valence-corrected chi connectivity index (χ0v) is 8.96. The molecule has 2 atom stereocenters. The van der Waals surface area contributed by atoms with Gasteiger partial charge in [0.25, 0.3) is 0 Å². The second kappa shape index (κ2) is 4.30. The Morgan fingerprint density at radius 3 is 2.64 bits per heavy atom. The van der Waals surface area contributed by atoms with Gasteiger partial charge in [0, 0.05) is 19.1 Å². The highest BCUT2D eigenvalue weighted by Gasteiger charge is 2.31. The predicted octanol–water partition coefficient (Wildman–Crippen LogP) is 0.997. The summed E-state index contributed by atoms with van der Waals surface area (Å²) in [6.07, 6.45) is 4.61. The molecule has 1 amide bonds. The molecule has 3 nitrogen and oxygen atoms in total. The molecule has 0 aliphatic carbocycles. The summed E-state index contributed by atoms with van der Waals surface area (Å²) >= 11 is 0. The zero-order valence-electron chi connectivity index (χ0n) is 8.96. The molecule has 2 rings (SSSR count). The number of likely N-dealkylation sites (tertiary alicyclic amines) is 1. The van der Waals surface area contributed by atoms with Gasteiger partial charge in [-0.05, 0) is 39.2 Å². The largest absolute Gasteiger partial charge is 0.342 e. The molecule has 0 saturated carbocycles. The molecule has 14 heavy (non-hydrogen) atoms. The normalized spacial score (nSPS) is 33.4. The quantitative estimate of drug-likeness (QED) is 0.678. The molecule has 2 aliphatic rings. The average molecular weight is 196 g/mol. The van der Waals surface area contributed by atoms with Crippen molar-refractivity contribution in [2.75, 3.05) is 19.6 Å². The third-order valence-corrected chi connectivity index (χ3v) is 3.50. The number of nitrogens with zero attached hydrogens (tertiary/aromatic N) is 1. The summed E-state index contributed by atoms with van der Waals surface area (Å²) in [5.74, 6) is 0.629. The van der Waals surface area contributed by atoms with Gasteiger partial charge in [-0.2, -0.15) is 0 Å². The van der Waals surface area contributed by atoms with Crippen LogP contribution < -0.4 is 5.32 Å². The van der Waals surface area contributed by atoms with Crippen LogP contribution in [-0.2, 0) is 4.79 Å². The predicted molar refractivity (Wildman–Crippen MR) is 56.0 cm³/mol. The smallest absolute Gasteiger partial charge is 0.227 e. The molecular weight excluding hydrogens is 176 g/mol. The van der Waals surface area contributed by atoms with Crippen LogP contribution in [0.25, 0.3) is 0 Å². The van der Waals surface area contributed by atoms with Gasteiger partial charge in [0.2, 0.25) is 5.91 Å². The van der Waals surface area contributed by atoms with Crippen LogP contribution in [-0.4, -0.2) is 36.5 Å². The lowest BCUT2D eigenvalue weighted by molar-refractivity contribution is -0.136. The second-order valence-electron chi connectivity index (χ2n) is 4.52. The standard InChI is InChI=1S/C11H20N2O/c1-9-10(5-4-6-12-9)11(14)13-7-2-3-8-13/h9-10,12H,2-8H2,1H3/t9-,10-/m0/s1. The van der Waals surface area contributed by atoms with E-state index >= 15 is 0 Å². The fourth-order valence-corrected chi connectivity index (χ4v) is 2.55. The maximum Gasteiger partial charge on any atom is 0.227 e. The van der Waals surface area contributed by atoms with Gasteiger partial charge in [0.05, 0.1) is 5.92 Å². The van der Waals surface area contributed by atoms with E-state index in [1.807, 2.05) is 4.90 Å². The minimum absolute atomic E-state index is 0.238. The van der Waals surface area contributed by atoms with Gasteiger partial charge >= 0.3 is 0 Å². The molecule has 2 saturated heterocycles. The van der Waals surface area contributed by atoms with E-state index in [1.54, 1.807) is 0 Å². The van der Waals surface area contributed by atoms with E-state index in [1.165, 1.54) is 12.8 Å². The van der Waals surface area contributed by atoms with Crippen molar-refractivity contribution in [3.63, 3.8) is 0 Å². The molecule has 2 heterocycles. The molecule has 0 aromatic rings. The summed E-state index contributed by atoms with van der Waals surface area (Å²) in [4.78, 5) is 14.1. The van der Waals surface area contributed by atoms with Crippen molar-refractivity contribution in [1.29, 1.82) is 0 Å². The number of nitrogens with one attached hydrogen (secondary N) is 1. The lowest BCUT2D eigenvalue weighted by Crippen LogP contribution is -2.47. The Morgan fingerprint density at radius 2 is 2.00 bits per heavy atom. The van der Waals surface area contributed by atoms with Gasteiger partial charge in [0.1, 0.15) is 0 Å². The van der Waals surface area contributed by atoms with E-state index in [0.717, 1.165) is 32.5 Å². The van der Waals surface area contributed by atoms with E-state index in [2.05, 4.69) is 12.2 Å². The number of piperidine rings is 1. The van der Waals surface area contributed by atoms with Crippen molar-refractivity contribution in [3.05, 3.63) is 0 Å². The summed E-state index contributed by atoms with van der Waals surface area (Å²) in [5, 5.41) is 3.39. The van der Waals surface area contributed by atoms with Gasteiger partial charge in [-0.1, -0.05) is 0 Å². The molecule has 0 bridgehead atoms. The van der Waals surface area contributed by atoms with Crippen molar-refractivity contribution in [1.82, 2.24) is 10.2 Å². The van der Waals surface area contributed by atoms with E-state index < -0.39 is 0 Å². The van der Waals surface area contributed by atoms with Crippen LogP contribution in [0.2, 0.25) is 0 Å². The Balaban J connectivity index is 1.94. The minimum atomic E-state index is 0.238. The summed E-state index contributed by atoms with van der Waals surface area (Å²) in [5.41, 5.74) is 0. The van der Waals surface area contributed by atoms with E-state index in [9.17, 15) is 4.79 Å². The Hall–Kier alpha value is -0.570. The van der Waals surface area contributed by atoms with Crippen LogP contribution in [0.5, 0.6) is 0 Å². The lowest BCUT2D eigenvalue weighted by Gasteiger charge is -2.31. The molecule has 2 fully saturated rings. The van der Waals surface area contributed by atoms with Crippen LogP contribution in [0.4, 0.5) is 0 Å². The topological polar surface area (TPSA) is 32.3 Å². The first-order valence-electron chi connectivity index (χ1n) is 5.81. The van der Waals surface area contributed by atoms with E-state index in [-0.39, 0.29) is 5.92 Å². The Kier molecular flexibility index (Phi) is 3.06. The summed E-state index contributed by atoms with van der Waals surface area (Å²) < 4.78 is 0. The van der Waals surface area contributed by atoms with Crippen LogP contribution >= 0.6 is 0 Å². The van der Waals surface area contributed by atoms with E-state index in [4.69, 9.17) is 0 Å². The van der Waals surface area contributed by atoms with Crippen LogP contribution in [0.3, 0.4) is 0 Å². The molecule has 1 N–H and O–H groups in total. The van der Waals surface area contributed by atoms with Crippen molar-refractivity contribution >= 4 is 5.91 Å². The van der Waals surface area contributed by atoms with E-state index in [0.29, 0.717) is 11.9 Å². The number of carbonyl (C=O) groups is 1.